The van der Waals surface area contributed by atoms with Crippen LogP contribution >= 0.6 is 0 Å². The summed E-state index contributed by atoms with van der Waals surface area (Å²) in [6.45, 7) is 0. The maximum absolute atomic E-state index is 5.58. The first-order chi connectivity index (χ1) is 50.1. The summed E-state index contributed by atoms with van der Waals surface area (Å²) in [5, 5.41) is 13.2. The largest absolute Gasteiger partial charge is 0.310 e. The van der Waals surface area contributed by atoms with E-state index in [1.165, 1.54) is 5.56 Å². The first kappa shape index (κ1) is 56.6. The Hall–Kier alpha value is -13.6. The molecule has 1 spiro atoms. The normalized spacial score (nSPS) is 12.8. The number of rotatable bonds is 8. The van der Waals surface area contributed by atoms with Gasteiger partial charge in [-0.2, -0.15) is 0 Å². The molecule has 19 aromatic rings. The molecule has 0 amide bonds. The molecule has 0 saturated heterocycles. The van der Waals surface area contributed by atoms with E-state index in [9.17, 15) is 0 Å². The van der Waals surface area contributed by atoms with Crippen molar-refractivity contribution in [3.63, 3.8) is 0 Å². The summed E-state index contributed by atoms with van der Waals surface area (Å²) in [6.07, 6.45) is 0. The Morgan fingerprint density at radius 1 is 0.208 bits per heavy atom. The van der Waals surface area contributed by atoms with Gasteiger partial charge >= 0.3 is 0 Å². The maximum atomic E-state index is 5.58. The number of hydrogen-bond donors (Lipinski definition) is 0. The van der Waals surface area contributed by atoms with Gasteiger partial charge in [0.15, 0.2) is 34.9 Å². The second-order valence-corrected chi connectivity index (χ2v) is 26.4. The first-order valence-electron chi connectivity index (χ1n) is 34.3. The lowest BCUT2D eigenvalue weighted by atomic mass is 9.64. The van der Waals surface area contributed by atoms with Gasteiger partial charge < -0.3 is 9.47 Å². The summed E-state index contributed by atoms with van der Waals surface area (Å²) >= 11 is 0. The van der Waals surface area contributed by atoms with Crippen molar-refractivity contribution < 1.29 is 0 Å². The molecule has 0 radical (unpaired) electrons. The van der Waals surface area contributed by atoms with Gasteiger partial charge in [-0.25, -0.2) is 29.9 Å². The number of aromatic nitrogens is 7. The van der Waals surface area contributed by atoms with E-state index in [0.29, 0.717) is 34.9 Å². The number of anilines is 3. The predicted molar refractivity (Wildman–Crippen MR) is 413 cm³/mol. The number of hydrogen-bond acceptors (Lipinski definition) is 7. The van der Waals surface area contributed by atoms with Crippen LogP contribution in [0.1, 0.15) is 22.3 Å². The quantitative estimate of drug-likeness (QED) is 0.150. The number of fused-ring (bicyclic) bond motifs is 17. The van der Waals surface area contributed by atoms with Gasteiger partial charge in [-0.1, -0.05) is 273 Å². The molecule has 101 heavy (non-hydrogen) atoms. The van der Waals surface area contributed by atoms with E-state index in [1.54, 1.807) is 0 Å². The Kier molecular flexibility index (Phi) is 12.5. The summed E-state index contributed by atoms with van der Waals surface area (Å²) in [4.78, 5) is 35.5. The van der Waals surface area contributed by atoms with Crippen molar-refractivity contribution in [3.05, 3.63) is 362 Å². The number of para-hydroxylation sites is 3. The minimum atomic E-state index is -0.891. The van der Waals surface area contributed by atoms with E-state index in [0.717, 1.165) is 160 Å². The van der Waals surface area contributed by atoms with Crippen LogP contribution in [0.2, 0.25) is 0 Å². The molecule has 8 heteroatoms. The highest BCUT2D eigenvalue weighted by Gasteiger charge is 2.52. The second-order valence-electron chi connectivity index (χ2n) is 26.4. The van der Waals surface area contributed by atoms with Crippen LogP contribution in [-0.4, -0.2) is 34.5 Å². The summed E-state index contributed by atoms with van der Waals surface area (Å²) in [5.74, 6) is 3.59. The van der Waals surface area contributed by atoms with Gasteiger partial charge in [0, 0.05) is 55.2 Å². The molecule has 3 aromatic heterocycles. The Balaban J connectivity index is 0.854. The molecule has 468 valence electrons. The second kappa shape index (κ2) is 22.2. The molecule has 0 saturated carbocycles. The summed E-state index contributed by atoms with van der Waals surface area (Å²) in [6, 6.07) is 123. The molecule has 0 bridgehead atoms. The van der Waals surface area contributed by atoms with Crippen molar-refractivity contribution in [1.82, 2.24) is 34.5 Å². The minimum absolute atomic E-state index is 0.582. The number of benzene rings is 16. The number of nitrogens with zero attached hydrogens (tertiary/aromatic N) is 8. The molecule has 0 atom stereocenters. The van der Waals surface area contributed by atoms with Crippen molar-refractivity contribution in [1.29, 1.82) is 0 Å². The van der Waals surface area contributed by atoms with Crippen molar-refractivity contribution >= 4 is 92.7 Å². The highest BCUT2D eigenvalue weighted by atomic mass is 15.2. The zero-order valence-electron chi connectivity index (χ0n) is 54.4. The fourth-order valence-corrected chi connectivity index (χ4v) is 16.6. The van der Waals surface area contributed by atoms with Crippen LogP contribution in [0.3, 0.4) is 0 Å². The van der Waals surface area contributed by atoms with Crippen molar-refractivity contribution in [2.45, 2.75) is 5.41 Å². The molecular weight excluding hydrogens is 1230 g/mol. The minimum Gasteiger partial charge on any atom is -0.310 e. The standard InChI is InChI=1S/C93H56N8/c1-2-33-64(34-3-1)100-84-46-16-14-44-78(84)93(79-45-15-17-47-85(79)100)80-54-63(88-96-91(73-42-20-30-59-25-6-11-37-67(59)73)99-92(97-88)74-43-21-31-60-26-7-12-38-68(60)74)49-51-70(80)75-56-86-77(55-81(75)93)76-53-62(50-52-83(76)101(86)82-48-22-32-61-27-8-13-39-69(61)82)87-94-89(71-40-18-28-57-23-4-9-35-65(57)71)98-90(95-87)72-41-19-29-58-24-5-10-36-66(58)72/h1-56H. The Bertz CT molecular complexity index is 6420. The van der Waals surface area contributed by atoms with Gasteiger partial charge in [-0.3, -0.25) is 0 Å². The fourth-order valence-electron chi connectivity index (χ4n) is 16.6. The molecule has 0 fully saturated rings. The van der Waals surface area contributed by atoms with Crippen molar-refractivity contribution in [2.75, 3.05) is 4.90 Å². The third-order valence-electron chi connectivity index (χ3n) is 21.1. The van der Waals surface area contributed by atoms with Crippen LogP contribution < -0.4 is 4.90 Å². The smallest absolute Gasteiger partial charge is 0.164 e. The van der Waals surface area contributed by atoms with Gasteiger partial charge in [0.2, 0.25) is 0 Å². The van der Waals surface area contributed by atoms with Gasteiger partial charge in [-0.05, 0) is 149 Å². The molecule has 4 heterocycles. The summed E-state index contributed by atoms with van der Waals surface area (Å²) in [7, 11) is 0. The van der Waals surface area contributed by atoms with E-state index in [1.807, 2.05) is 0 Å². The van der Waals surface area contributed by atoms with Gasteiger partial charge in [-0.15, -0.1) is 0 Å². The lowest BCUT2D eigenvalue weighted by Gasteiger charge is -2.45. The molecule has 1 aliphatic carbocycles. The van der Waals surface area contributed by atoms with Crippen LogP contribution in [0.5, 0.6) is 0 Å². The topological polar surface area (TPSA) is 85.5 Å². The Morgan fingerprint density at radius 2 is 0.574 bits per heavy atom. The highest BCUT2D eigenvalue weighted by molar-refractivity contribution is 6.15. The average Bonchev–Trinajstić information content (AvgIpc) is 1.54. The molecule has 0 N–H and O–H groups in total. The lowest BCUT2D eigenvalue weighted by Crippen LogP contribution is -2.36. The summed E-state index contributed by atoms with van der Waals surface area (Å²) in [5.41, 5.74) is 18.0. The van der Waals surface area contributed by atoms with E-state index >= 15 is 0 Å². The Labute approximate surface area is 581 Å². The van der Waals surface area contributed by atoms with E-state index in [4.69, 9.17) is 29.9 Å². The molecule has 8 nitrogen and oxygen atoms in total. The van der Waals surface area contributed by atoms with Gasteiger partial charge in [0.05, 0.1) is 33.5 Å². The molecule has 21 rings (SSSR count). The highest BCUT2D eigenvalue weighted by Crippen LogP contribution is 2.65. The van der Waals surface area contributed by atoms with Crippen LogP contribution in [0.25, 0.3) is 161 Å². The van der Waals surface area contributed by atoms with E-state index in [2.05, 4.69) is 349 Å². The molecule has 1 aliphatic heterocycles. The third-order valence-corrected chi connectivity index (χ3v) is 21.1. The summed E-state index contributed by atoms with van der Waals surface area (Å²) < 4.78 is 2.49. The maximum Gasteiger partial charge on any atom is 0.164 e. The van der Waals surface area contributed by atoms with Crippen LogP contribution in [-0.2, 0) is 5.41 Å². The Morgan fingerprint density at radius 3 is 1.08 bits per heavy atom. The SMILES string of the molecule is c1ccc(N2c3ccccc3C3(c4cc(-c5nc(-c6cccc7ccccc67)nc(-c6cccc7ccccc67)n5)ccc4-c4cc5c(cc43)c3cc(-c4nc(-c6cccc7ccccc67)nc(-c6cccc7ccccc67)n4)ccc3n5-c3cccc4ccccc34)c3ccccc32)cc1. The first-order valence-corrected chi connectivity index (χ1v) is 34.3. The van der Waals surface area contributed by atoms with Crippen LogP contribution in [0.4, 0.5) is 17.1 Å². The lowest BCUT2D eigenvalue weighted by molar-refractivity contribution is 0.753. The monoisotopic (exact) mass is 1280 g/mol. The van der Waals surface area contributed by atoms with Crippen LogP contribution in [0, 0.1) is 0 Å². The van der Waals surface area contributed by atoms with E-state index < -0.39 is 5.41 Å². The van der Waals surface area contributed by atoms with Crippen LogP contribution in [0.15, 0.2) is 340 Å². The zero-order valence-corrected chi connectivity index (χ0v) is 54.4. The van der Waals surface area contributed by atoms with Gasteiger partial charge in [0.25, 0.3) is 0 Å². The van der Waals surface area contributed by atoms with E-state index in [-0.39, 0.29) is 0 Å². The average molecular weight is 1290 g/mol. The third kappa shape index (κ3) is 8.62. The van der Waals surface area contributed by atoms with Crippen molar-refractivity contribution in [2.24, 2.45) is 0 Å². The molecule has 0 unspecified atom stereocenters. The van der Waals surface area contributed by atoms with Crippen molar-refractivity contribution in [3.8, 4) is 85.1 Å². The molecule has 2 aliphatic rings. The molecular formula is C93H56N8. The predicted octanol–water partition coefficient (Wildman–Crippen LogP) is 23.1. The van der Waals surface area contributed by atoms with Gasteiger partial charge in [0.1, 0.15) is 0 Å². The molecule has 16 aromatic carbocycles. The zero-order chi connectivity index (χ0) is 66.3. The fraction of sp³-hybridized carbons (Fsp3) is 0.0108.